The number of nitrogens with one attached hydrogen (secondary N) is 1. The number of rotatable bonds is 3. The highest BCUT2D eigenvalue weighted by atomic mass is 16.5. The molecule has 5 heteroatoms. The van der Waals surface area contributed by atoms with Crippen LogP contribution in [0.4, 0.5) is 5.69 Å². The largest absolute Gasteiger partial charge is 0.479 e. The molecule has 0 aromatic heterocycles. The molecule has 1 aliphatic heterocycles. The summed E-state index contributed by atoms with van der Waals surface area (Å²) in [6, 6.07) is 5.96. The highest BCUT2D eigenvalue weighted by molar-refractivity contribution is 6.03. The van der Waals surface area contributed by atoms with E-state index in [0.29, 0.717) is 17.5 Å². The first kappa shape index (κ1) is 13.0. The van der Waals surface area contributed by atoms with Gasteiger partial charge in [-0.15, -0.1) is 0 Å². The Morgan fingerprint density at radius 3 is 2.90 bits per heavy atom. The van der Waals surface area contributed by atoms with Crippen molar-refractivity contribution >= 4 is 17.5 Å². The fraction of sp³-hybridized carbons (Fsp3) is 0.467. The van der Waals surface area contributed by atoms with Crippen LogP contribution in [0.5, 0.6) is 5.75 Å². The maximum absolute atomic E-state index is 12.3. The predicted molar refractivity (Wildman–Crippen MR) is 74.8 cm³/mol. The molecule has 1 saturated carbocycles. The fourth-order valence-electron chi connectivity index (χ4n) is 2.32. The van der Waals surface area contributed by atoms with E-state index in [1.165, 1.54) is 4.90 Å². The third-order valence-electron chi connectivity index (χ3n) is 3.57. The summed E-state index contributed by atoms with van der Waals surface area (Å²) in [5.41, 5.74) is 1.71. The third kappa shape index (κ3) is 2.48. The van der Waals surface area contributed by atoms with E-state index in [4.69, 9.17) is 4.74 Å². The monoisotopic (exact) mass is 274 g/mol. The lowest BCUT2D eigenvalue weighted by Gasteiger charge is -2.32. The molecule has 0 saturated heterocycles. The summed E-state index contributed by atoms with van der Waals surface area (Å²) in [4.78, 5) is 25.7. The van der Waals surface area contributed by atoms with Crippen LogP contribution in [-0.4, -0.2) is 30.5 Å². The van der Waals surface area contributed by atoms with Crippen molar-refractivity contribution in [2.24, 2.45) is 0 Å². The lowest BCUT2D eigenvalue weighted by Crippen LogP contribution is -2.49. The van der Waals surface area contributed by atoms with Gasteiger partial charge >= 0.3 is 0 Å². The lowest BCUT2D eigenvalue weighted by atomic mass is 10.1. The van der Waals surface area contributed by atoms with Crippen molar-refractivity contribution < 1.29 is 14.3 Å². The number of hydrogen-bond donors (Lipinski definition) is 1. The molecule has 0 spiro atoms. The van der Waals surface area contributed by atoms with Gasteiger partial charge in [-0.3, -0.25) is 14.5 Å². The average molecular weight is 274 g/mol. The van der Waals surface area contributed by atoms with Crippen LogP contribution in [0.2, 0.25) is 0 Å². The number of benzene rings is 1. The second-order valence-corrected chi connectivity index (χ2v) is 5.50. The lowest BCUT2D eigenvalue weighted by molar-refractivity contribution is -0.128. The Kier molecular flexibility index (Phi) is 3.12. The van der Waals surface area contributed by atoms with Crippen LogP contribution in [0.1, 0.15) is 25.3 Å². The second-order valence-electron chi connectivity index (χ2n) is 5.50. The molecule has 1 aromatic rings. The van der Waals surface area contributed by atoms with Gasteiger partial charge < -0.3 is 10.1 Å². The molecule has 20 heavy (non-hydrogen) atoms. The molecule has 3 rings (SSSR count). The Balaban J connectivity index is 1.85. The Labute approximate surface area is 117 Å². The molecule has 5 nitrogen and oxygen atoms in total. The predicted octanol–water partition coefficient (Wildman–Crippen LogP) is 1.39. The molecule has 1 heterocycles. The number of amides is 2. The van der Waals surface area contributed by atoms with Gasteiger partial charge in [-0.05, 0) is 44.4 Å². The molecule has 106 valence electrons. The van der Waals surface area contributed by atoms with Crippen LogP contribution in [0, 0.1) is 6.92 Å². The zero-order valence-corrected chi connectivity index (χ0v) is 11.7. The summed E-state index contributed by atoms with van der Waals surface area (Å²) in [5, 5.41) is 2.91. The molecular formula is C15H18N2O3. The topological polar surface area (TPSA) is 58.6 Å². The van der Waals surface area contributed by atoms with E-state index in [1.807, 2.05) is 25.1 Å². The minimum absolute atomic E-state index is 0.0550. The Morgan fingerprint density at radius 1 is 1.45 bits per heavy atom. The van der Waals surface area contributed by atoms with E-state index >= 15 is 0 Å². The summed E-state index contributed by atoms with van der Waals surface area (Å²) in [7, 11) is 0. The van der Waals surface area contributed by atoms with Gasteiger partial charge in [0.2, 0.25) is 5.91 Å². The van der Waals surface area contributed by atoms with Crippen molar-refractivity contribution in [1.29, 1.82) is 0 Å². The smallest absolute Gasteiger partial charge is 0.268 e. The van der Waals surface area contributed by atoms with Gasteiger partial charge in [0.25, 0.3) is 5.91 Å². The van der Waals surface area contributed by atoms with Crippen molar-refractivity contribution in [1.82, 2.24) is 5.32 Å². The van der Waals surface area contributed by atoms with E-state index in [9.17, 15) is 9.59 Å². The number of carbonyl (C=O) groups excluding carboxylic acids is 2. The van der Waals surface area contributed by atoms with Gasteiger partial charge in [-0.1, -0.05) is 6.07 Å². The van der Waals surface area contributed by atoms with E-state index in [2.05, 4.69) is 5.32 Å². The quantitative estimate of drug-likeness (QED) is 0.906. The first-order valence-corrected chi connectivity index (χ1v) is 6.92. The van der Waals surface area contributed by atoms with Crippen molar-refractivity contribution in [2.75, 3.05) is 11.4 Å². The first-order valence-electron chi connectivity index (χ1n) is 6.92. The minimum Gasteiger partial charge on any atom is -0.479 e. The molecule has 2 amide bonds. The molecule has 1 aliphatic carbocycles. The summed E-state index contributed by atoms with van der Waals surface area (Å²) in [6.45, 7) is 3.71. The number of nitrogens with zero attached hydrogens (tertiary/aromatic N) is 1. The second kappa shape index (κ2) is 4.81. The molecule has 0 bridgehead atoms. The summed E-state index contributed by atoms with van der Waals surface area (Å²) >= 11 is 0. The van der Waals surface area contributed by atoms with Crippen molar-refractivity contribution in [3.8, 4) is 5.75 Å². The number of anilines is 1. The third-order valence-corrected chi connectivity index (χ3v) is 3.57. The van der Waals surface area contributed by atoms with E-state index in [-0.39, 0.29) is 18.4 Å². The zero-order chi connectivity index (χ0) is 14.3. The SMILES string of the molecule is Cc1ccc2c(c1)N(CC(=O)NC1CC1)C(=O)C(C)O2. The zero-order valence-electron chi connectivity index (χ0n) is 11.7. The maximum atomic E-state index is 12.3. The van der Waals surface area contributed by atoms with Crippen molar-refractivity contribution in [3.63, 3.8) is 0 Å². The van der Waals surface area contributed by atoms with Crippen molar-refractivity contribution in [3.05, 3.63) is 23.8 Å². The van der Waals surface area contributed by atoms with E-state index < -0.39 is 6.10 Å². The standard InChI is InChI=1S/C15H18N2O3/c1-9-3-6-13-12(7-9)17(15(19)10(2)20-13)8-14(18)16-11-4-5-11/h3,6-7,10-11H,4-5,8H2,1-2H3,(H,16,18). The number of aryl methyl sites for hydroxylation is 1. The van der Waals surface area contributed by atoms with Crippen LogP contribution < -0.4 is 15.0 Å². The molecule has 1 aromatic carbocycles. The molecular weight excluding hydrogens is 256 g/mol. The van der Waals surface area contributed by atoms with Crippen LogP contribution in [0.25, 0.3) is 0 Å². The van der Waals surface area contributed by atoms with Gasteiger partial charge in [-0.2, -0.15) is 0 Å². The van der Waals surface area contributed by atoms with Crippen LogP contribution in [-0.2, 0) is 9.59 Å². The van der Waals surface area contributed by atoms with Crippen LogP contribution in [0.3, 0.4) is 0 Å². The summed E-state index contributed by atoms with van der Waals surface area (Å²) < 4.78 is 5.58. The number of fused-ring (bicyclic) bond motifs is 1. The minimum atomic E-state index is -0.557. The van der Waals surface area contributed by atoms with Gasteiger partial charge in [0.15, 0.2) is 6.10 Å². The van der Waals surface area contributed by atoms with Crippen LogP contribution in [0.15, 0.2) is 18.2 Å². The Morgan fingerprint density at radius 2 is 2.20 bits per heavy atom. The molecule has 2 aliphatic rings. The Bertz CT molecular complexity index is 566. The number of hydrogen-bond acceptors (Lipinski definition) is 3. The van der Waals surface area contributed by atoms with E-state index in [1.54, 1.807) is 6.92 Å². The Hall–Kier alpha value is -2.04. The normalized spacial score (nSPS) is 21.2. The molecule has 1 N–H and O–H groups in total. The maximum Gasteiger partial charge on any atom is 0.268 e. The van der Waals surface area contributed by atoms with Gasteiger partial charge in [-0.25, -0.2) is 0 Å². The number of carbonyl (C=O) groups is 2. The fourth-order valence-corrected chi connectivity index (χ4v) is 2.32. The first-order chi connectivity index (χ1) is 9.54. The average Bonchev–Trinajstić information content (AvgIpc) is 3.20. The van der Waals surface area contributed by atoms with Gasteiger partial charge in [0.1, 0.15) is 12.3 Å². The molecule has 0 radical (unpaired) electrons. The summed E-state index contributed by atoms with van der Waals surface area (Å²) in [5.74, 6) is 0.373. The molecule has 1 fully saturated rings. The molecule has 1 unspecified atom stereocenters. The van der Waals surface area contributed by atoms with Gasteiger partial charge in [0.05, 0.1) is 5.69 Å². The van der Waals surface area contributed by atoms with Gasteiger partial charge in [0, 0.05) is 6.04 Å². The number of ether oxygens (including phenoxy) is 1. The van der Waals surface area contributed by atoms with E-state index in [0.717, 1.165) is 18.4 Å². The highest BCUT2D eigenvalue weighted by Crippen LogP contribution is 2.34. The van der Waals surface area contributed by atoms with Crippen molar-refractivity contribution in [2.45, 2.75) is 38.8 Å². The van der Waals surface area contributed by atoms with Crippen LogP contribution >= 0.6 is 0 Å². The highest BCUT2D eigenvalue weighted by Gasteiger charge is 2.33. The summed E-state index contributed by atoms with van der Waals surface area (Å²) in [6.07, 6.45) is 1.52. The molecule has 1 atom stereocenters.